The van der Waals surface area contributed by atoms with Crippen LogP contribution in [0.4, 0.5) is 0 Å². The molecule has 32 heavy (non-hydrogen) atoms. The van der Waals surface area contributed by atoms with Gasteiger partial charge in [0.1, 0.15) is 18.1 Å². The molecule has 1 aromatic heterocycles. The van der Waals surface area contributed by atoms with Gasteiger partial charge in [0, 0.05) is 38.8 Å². The van der Waals surface area contributed by atoms with Gasteiger partial charge in [0.2, 0.25) is 0 Å². The zero-order valence-corrected chi connectivity index (χ0v) is 18.3. The van der Waals surface area contributed by atoms with E-state index in [2.05, 4.69) is 41.2 Å². The van der Waals surface area contributed by atoms with Gasteiger partial charge in [0.25, 0.3) is 11.5 Å². The molecule has 0 bridgehead atoms. The molecule has 0 N–H and O–H groups in total. The molecule has 2 heterocycles. The highest BCUT2D eigenvalue weighted by molar-refractivity contribution is 5.92. The van der Waals surface area contributed by atoms with Crippen molar-refractivity contribution in [2.45, 2.75) is 20.0 Å². The van der Waals surface area contributed by atoms with Gasteiger partial charge >= 0.3 is 0 Å². The fourth-order valence-corrected chi connectivity index (χ4v) is 3.83. The summed E-state index contributed by atoms with van der Waals surface area (Å²) in [5, 5.41) is 4.29. The van der Waals surface area contributed by atoms with Gasteiger partial charge in [-0.15, -0.1) is 0 Å². The smallest absolute Gasteiger partial charge is 0.274 e. The number of amides is 1. The third-order valence-electron chi connectivity index (χ3n) is 5.55. The number of benzene rings is 2. The lowest BCUT2D eigenvalue weighted by Crippen LogP contribution is -2.48. The van der Waals surface area contributed by atoms with Crippen LogP contribution in [0.15, 0.2) is 71.5 Å². The number of piperazine rings is 1. The van der Waals surface area contributed by atoms with Crippen LogP contribution in [0.25, 0.3) is 0 Å². The zero-order chi connectivity index (χ0) is 22.3. The van der Waals surface area contributed by atoms with E-state index in [9.17, 15) is 9.59 Å². The van der Waals surface area contributed by atoms with Crippen molar-refractivity contribution in [2.75, 3.05) is 32.8 Å². The number of hydrogen-bond donors (Lipinski definition) is 0. The molecular formula is C25H28N4O3. The van der Waals surface area contributed by atoms with Gasteiger partial charge in [-0.1, -0.05) is 48.0 Å². The Morgan fingerprint density at radius 2 is 1.75 bits per heavy atom. The molecule has 3 aromatic rings. The van der Waals surface area contributed by atoms with Gasteiger partial charge in [-0.2, -0.15) is 5.10 Å². The predicted octanol–water partition coefficient (Wildman–Crippen LogP) is 2.59. The number of aromatic nitrogens is 2. The Hall–Kier alpha value is -3.45. The molecule has 0 radical (unpaired) electrons. The Balaban J connectivity index is 1.32. The van der Waals surface area contributed by atoms with E-state index >= 15 is 0 Å². The van der Waals surface area contributed by atoms with Crippen LogP contribution in [0, 0.1) is 6.92 Å². The Labute approximate surface area is 187 Å². The number of rotatable bonds is 7. The van der Waals surface area contributed by atoms with Crippen LogP contribution < -0.4 is 10.3 Å². The van der Waals surface area contributed by atoms with E-state index in [-0.39, 0.29) is 23.7 Å². The molecular weight excluding hydrogens is 404 g/mol. The highest BCUT2D eigenvalue weighted by atomic mass is 16.5. The molecule has 166 valence electrons. The Kier molecular flexibility index (Phi) is 6.97. The maximum Gasteiger partial charge on any atom is 0.274 e. The first-order valence-corrected chi connectivity index (χ1v) is 10.9. The van der Waals surface area contributed by atoms with Gasteiger partial charge in [0.15, 0.2) is 0 Å². The standard InChI is InChI=1S/C25H28N4O3/c1-20-6-5-7-21(18-20)19-27-12-14-28(15-13-27)25(31)23-10-11-24(30)29(26-23)16-17-32-22-8-3-2-4-9-22/h2-11,18H,12-17,19H2,1H3. The molecule has 1 aliphatic rings. The Morgan fingerprint density at radius 1 is 0.969 bits per heavy atom. The lowest BCUT2D eigenvalue weighted by Gasteiger charge is -2.34. The van der Waals surface area contributed by atoms with E-state index in [0.29, 0.717) is 19.7 Å². The summed E-state index contributed by atoms with van der Waals surface area (Å²) < 4.78 is 6.94. The summed E-state index contributed by atoms with van der Waals surface area (Å²) >= 11 is 0. The lowest BCUT2D eigenvalue weighted by molar-refractivity contribution is 0.0619. The van der Waals surface area contributed by atoms with Crippen LogP contribution >= 0.6 is 0 Å². The monoisotopic (exact) mass is 432 g/mol. The largest absolute Gasteiger partial charge is 0.492 e. The molecule has 0 unspecified atom stereocenters. The maximum atomic E-state index is 13.0. The quantitative estimate of drug-likeness (QED) is 0.574. The number of nitrogens with zero attached hydrogens (tertiary/aromatic N) is 4. The van der Waals surface area contributed by atoms with Crippen LogP contribution in [-0.2, 0) is 13.1 Å². The number of hydrogen-bond acceptors (Lipinski definition) is 5. The average molecular weight is 433 g/mol. The summed E-state index contributed by atoms with van der Waals surface area (Å²) in [6.07, 6.45) is 0. The van der Waals surface area contributed by atoms with Gasteiger partial charge in [-0.3, -0.25) is 14.5 Å². The van der Waals surface area contributed by atoms with Gasteiger partial charge in [0.05, 0.1) is 6.54 Å². The van der Waals surface area contributed by atoms with E-state index in [1.54, 1.807) is 0 Å². The second-order valence-corrected chi connectivity index (χ2v) is 8.00. The number of aryl methyl sites for hydroxylation is 1. The molecule has 1 aliphatic heterocycles. The minimum absolute atomic E-state index is 0.141. The van der Waals surface area contributed by atoms with Crippen molar-refractivity contribution in [3.05, 3.63) is 93.9 Å². The second-order valence-electron chi connectivity index (χ2n) is 8.00. The maximum absolute atomic E-state index is 13.0. The first-order chi connectivity index (χ1) is 15.6. The minimum atomic E-state index is -0.249. The van der Waals surface area contributed by atoms with Crippen LogP contribution in [0.5, 0.6) is 5.75 Å². The summed E-state index contributed by atoms with van der Waals surface area (Å²) in [4.78, 5) is 29.3. The molecule has 2 aromatic carbocycles. The summed E-state index contributed by atoms with van der Waals surface area (Å²) in [6.45, 7) is 6.46. The van der Waals surface area contributed by atoms with Crippen molar-refractivity contribution < 1.29 is 9.53 Å². The van der Waals surface area contributed by atoms with Crippen LogP contribution in [0.3, 0.4) is 0 Å². The van der Waals surface area contributed by atoms with Crippen LogP contribution in [0.1, 0.15) is 21.6 Å². The lowest BCUT2D eigenvalue weighted by atomic mass is 10.1. The van der Waals surface area contributed by atoms with Crippen molar-refractivity contribution in [3.8, 4) is 5.75 Å². The molecule has 0 atom stereocenters. The second kappa shape index (κ2) is 10.2. The highest BCUT2D eigenvalue weighted by Gasteiger charge is 2.23. The summed E-state index contributed by atoms with van der Waals surface area (Å²) in [5.41, 5.74) is 2.58. The van der Waals surface area contributed by atoms with Crippen molar-refractivity contribution >= 4 is 5.91 Å². The highest BCUT2D eigenvalue weighted by Crippen LogP contribution is 2.12. The zero-order valence-electron chi connectivity index (χ0n) is 18.3. The van der Waals surface area contributed by atoms with E-state index in [4.69, 9.17) is 4.74 Å². The van der Waals surface area contributed by atoms with Gasteiger partial charge < -0.3 is 9.64 Å². The van der Waals surface area contributed by atoms with Crippen LogP contribution in [-0.4, -0.2) is 58.3 Å². The molecule has 0 spiro atoms. The molecule has 0 aliphatic carbocycles. The molecule has 1 saturated heterocycles. The number of ether oxygens (including phenoxy) is 1. The third kappa shape index (κ3) is 5.62. The summed E-state index contributed by atoms with van der Waals surface area (Å²) in [6, 6.07) is 20.8. The Morgan fingerprint density at radius 3 is 2.50 bits per heavy atom. The molecule has 7 nitrogen and oxygen atoms in total. The van der Waals surface area contributed by atoms with Gasteiger partial charge in [-0.05, 0) is 30.7 Å². The van der Waals surface area contributed by atoms with E-state index in [1.807, 2.05) is 35.2 Å². The topological polar surface area (TPSA) is 67.7 Å². The third-order valence-corrected chi connectivity index (χ3v) is 5.55. The van der Waals surface area contributed by atoms with E-state index in [1.165, 1.54) is 27.9 Å². The summed E-state index contributed by atoms with van der Waals surface area (Å²) in [7, 11) is 0. The fourth-order valence-electron chi connectivity index (χ4n) is 3.83. The molecule has 1 fully saturated rings. The Bertz CT molecular complexity index is 1110. The first kappa shape index (κ1) is 21.8. The predicted molar refractivity (Wildman–Crippen MR) is 123 cm³/mol. The molecule has 4 rings (SSSR count). The number of carbonyl (C=O) groups is 1. The van der Waals surface area contributed by atoms with Crippen molar-refractivity contribution in [2.24, 2.45) is 0 Å². The van der Waals surface area contributed by atoms with Crippen molar-refractivity contribution in [1.29, 1.82) is 0 Å². The van der Waals surface area contributed by atoms with Crippen molar-refractivity contribution in [3.63, 3.8) is 0 Å². The molecule has 1 amide bonds. The van der Waals surface area contributed by atoms with E-state index < -0.39 is 0 Å². The molecule has 0 saturated carbocycles. The molecule has 7 heteroatoms. The SMILES string of the molecule is Cc1cccc(CN2CCN(C(=O)c3ccc(=O)n(CCOc4ccccc4)n3)CC2)c1. The minimum Gasteiger partial charge on any atom is -0.492 e. The normalized spacial score (nSPS) is 14.3. The van der Waals surface area contributed by atoms with E-state index in [0.717, 1.165) is 25.4 Å². The average Bonchev–Trinajstić information content (AvgIpc) is 2.81. The number of carbonyl (C=O) groups excluding carboxylic acids is 1. The van der Waals surface area contributed by atoms with Crippen molar-refractivity contribution in [1.82, 2.24) is 19.6 Å². The fraction of sp³-hybridized carbons (Fsp3) is 0.320. The van der Waals surface area contributed by atoms with Gasteiger partial charge in [-0.25, -0.2) is 4.68 Å². The number of para-hydroxylation sites is 1. The summed E-state index contributed by atoms with van der Waals surface area (Å²) in [5.74, 6) is 0.592. The van der Waals surface area contributed by atoms with Crippen LogP contribution in [0.2, 0.25) is 0 Å². The first-order valence-electron chi connectivity index (χ1n) is 10.9.